The highest BCUT2D eigenvalue weighted by atomic mass is 32.2. The third kappa shape index (κ3) is 2.80. The van der Waals surface area contributed by atoms with Crippen LogP contribution in [0, 0.1) is 5.92 Å². The molecule has 0 radical (unpaired) electrons. The number of carbonyl (C=O) groups is 2. The number of amides is 2. The number of pyridine rings is 1. The number of thiazole rings is 1. The summed E-state index contributed by atoms with van der Waals surface area (Å²) in [5.41, 5.74) is 1.33. The summed E-state index contributed by atoms with van der Waals surface area (Å²) in [5, 5.41) is 0.0559. The number of hydrogen-bond acceptors (Lipinski definition) is 7. The van der Waals surface area contributed by atoms with Crippen molar-refractivity contribution in [1.29, 1.82) is 0 Å². The molecule has 2 aliphatic heterocycles. The van der Waals surface area contributed by atoms with Crippen molar-refractivity contribution in [2.75, 3.05) is 12.0 Å². The molecule has 3 aromatic rings. The van der Waals surface area contributed by atoms with Crippen molar-refractivity contribution in [3.63, 3.8) is 0 Å². The molecule has 4 heterocycles. The SMILES string of the molecule is COc1ccc(N2C(=O)C3Sc4[nH]c(=O)sc4[C@H](c4cccnc4)C3C2=O)cc1. The van der Waals surface area contributed by atoms with Gasteiger partial charge >= 0.3 is 4.87 Å². The number of methoxy groups -OCH3 is 1. The van der Waals surface area contributed by atoms with Crippen LogP contribution < -0.4 is 14.5 Å². The molecule has 0 bridgehead atoms. The van der Waals surface area contributed by atoms with E-state index in [1.807, 2.05) is 6.07 Å². The lowest BCUT2D eigenvalue weighted by Gasteiger charge is -2.29. The number of rotatable bonds is 3. The second kappa shape index (κ2) is 6.85. The zero-order valence-corrected chi connectivity index (χ0v) is 16.8. The summed E-state index contributed by atoms with van der Waals surface area (Å²) >= 11 is 2.35. The predicted molar refractivity (Wildman–Crippen MR) is 110 cm³/mol. The van der Waals surface area contributed by atoms with Crippen LogP contribution in [0.4, 0.5) is 5.69 Å². The van der Waals surface area contributed by atoms with Crippen molar-refractivity contribution >= 4 is 40.6 Å². The molecule has 3 atom stereocenters. The van der Waals surface area contributed by atoms with Gasteiger partial charge in [0.05, 0.1) is 23.7 Å². The molecule has 1 fully saturated rings. The molecule has 2 amide bonds. The van der Waals surface area contributed by atoms with Gasteiger partial charge in [0.15, 0.2) is 0 Å². The van der Waals surface area contributed by atoms with E-state index < -0.39 is 17.1 Å². The van der Waals surface area contributed by atoms with Crippen LogP contribution in [0.15, 0.2) is 58.6 Å². The van der Waals surface area contributed by atoms with Crippen LogP contribution in [0.25, 0.3) is 0 Å². The second-order valence-corrected chi connectivity index (χ2v) is 8.91. The normalized spacial score (nSPS) is 23.1. The Hall–Kier alpha value is -2.91. The minimum Gasteiger partial charge on any atom is -0.497 e. The zero-order chi connectivity index (χ0) is 20.1. The molecule has 7 nitrogen and oxygen atoms in total. The van der Waals surface area contributed by atoms with Crippen LogP contribution in [0.1, 0.15) is 16.4 Å². The molecule has 0 spiro atoms. The molecule has 2 aliphatic rings. The fourth-order valence-corrected chi connectivity index (χ4v) is 6.44. The Labute approximate surface area is 173 Å². The Bertz CT molecular complexity index is 1160. The lowest BCUT2D eigenvalue weighted by atomic mass is 9.84. The Morgan fingerprint density at radius 2 is 1.90 bits per heavy atom. The quantitative estimate of drug-likeness (QED) is 0.649. The number of fused-ring (bicyclic) bond motifs is 2. The molecule has 29 heavy (non-hydrogen) atoms. The van der Waals surface area contributed by atoms with Crippen LogP contribution in [-0.2, 0) is 9.59 Å². The van der Waals surface area contributed by atoms with Gasteiger partial charge in [-0.05, 0) is 35.9 Å². The van der Waals surface area contributed by atoms with Gasteiger partial charge in [0, 0.05) is 23.2 Å². The van der Waals surface area contributed by atoms with Crippen LogP contribution in [-0.4, -0.2) is 34.1 Å². The molecule has 0 saturated carbocycles. The first kappa shape index (κ1) is 18.1. The van der Waals surface area contributed by atoms with E-state index in [-0.39, 0.29) is 16.7 Å². The Morgan fingerprint density at radius 3 is 2.59 bits per heavy atom. The standard InChI is InChI=1S/C20H15N3O4S2/c1-27-12-6-4-11(5-7-12)23-18(24)14-13(10-3-2-8-21-9-10)15-17(22-20(26)29-15)28-16(14)19(23)25/h2-9,13-14,16H,1H3,(H,22,26)/t13-,14?,16?/m1/s1. The predicted octanol–water partition coefficient (Wildman–Crippen LogP) is 2.64. The number of thioether (sulfide) groups is 1. The largest absolute Gasteiger partial charge is 0.497 e. The fraction of sp³-hybridized carbons (Fsp3) is 0.200. The third-order valence-electron chi connectivity index (χ3n) is 5.20. The maximum Gasteiger partial charge on any atom is 0.305 e. The minimum absolute atomic E-state index is 0.191. The monoisotopic (exact) mass is 425 g/mol. The van der Waals surface area contributed by atoms with Crippen LogP contribution in [0.2, 0.25) is 0 Å². The lowest BCUT2D eigenvalue weighted by Crippen LogP contribution is -2.32. The average Bonchev–Trinajstić information content (AvgIpc) is 3.23. The molecule has 0 aliphatic carbocycles. The van der Waals surface area contributed by atoms with Crippen LogP contribution >= 0.6 is 23.1 Å². The highest BCUT2D eigenvalue weighted by Crippen LogP contribution is 2.53. The number of nitrogens with one attached hydrogen (secondary N) is 1. The van der Waals surface area contributed by atoms with Gasteiger partial charge in [-0.1, -0.05) is 29.2 Å². The van der Waals surface area contributed by atoms with Gasteiger partial charge in [0.2, 0.25) is 11.8 Å². The minimum atomic E-state index is -0.604. The molecule has 1 saturated heterocycles. The van der Waals surface area contributed by atoms with E-state index in [0.29, 0.717) is 16.5 Å². The van der Waals surface area contributed by atoms with E-state index in [1.165, 1.54) is 16.7 Å². The number of anilines is 1. The molecular weight excluding hydrogens is 410 g/mol. The number of ether oxygens (including phenoxy) is 1. The van der Waals surface area contributed by atoms with Gasteiger partial charge in [0.25, 0.3) is 0 Å². The number of hydrogen-bond donors (Lipinski definition) is 1. The van der Waals surface area contributed by atoms with Crippen molar-refractivity contribution in [2.45, 2.75) is 16.2 Å². The van der Waals surface area contributed by atoms with E-state index in [1.54, 1.807) is 49.8 Å². The first-order valence-corrected chi connectivity index (χ1v) is 10.6. The van der Waals surface area contributed by atoms with Gasteiger partial charge in [-0.2, -0.15) is 0 Å². The summed E-state index contributed by atoms with van der Waals surface area (Å²) in [6.45, 7) is 0. The zero-order valence-electron chi connectivity index (χ0n) is 15.2. The summed E-state index contributed by atoms with van der Waals surface area (Å²) in [6, 6.07) is 10.5. The lowest BCUT2D eigenvalue weighted by molar-refractivity contribution is -0.122. The molecule has 2 aromatic heterocycles. The molecule has 5 rings (SSSR count). The van der Waals surface area contributed by atoms with Gasteiger partial charge in [-0.15, -0.1) is 0 Å². The fourth-order valence-electron chi connectivity index (χ4n) is 3.92. The number of aromatic amines is 1. The van der Waals surface area contributed by atoms with Gasteiger partial charge in [0.1, 0.15) is 11.0 Å². The topological polar surface area (TPSA) is 92.4 Å². The van der Waals surface area contributed by atoms with E-state index in [2.05, 4.69) is 9.97 Å². The van der Waals surface area contributed by atoms with Crippen molar-refractivity contribution in [3.8, 4) is 5.75 Å². The summed E-state index contributed by atoms with van der Waals surface area (Å²) in [7, 11) is 1.56. The molecular formula is C20H15N3O4S2. The Kier molecular flexibility index (Phi) is 4.29. The molecule has 1 N–H and O–H groups in total. The first-order chi connectivity index (χ1) is 14.1. The average molecular weight is 425 g/mol. The number of benzene rings is 1. The van der Waals surface area contributed by atoms with Crippen molar-refractivity contribution in [2.24, 2.45) is 5.92 Å². The molecule has 146 valence electrons. The molecule has 1 aromatic carbocycles. The van der Waals surface area contributed by atoms with Crippen molar-refractivity contribution in [3.05, 3.63) is 68.9 Å². The smallest absolute Gasteiger partial charge is 0.305 e. The number of imide groups is 1. The third-order valence-corrected chi connectivity index (χ3v) is 7.60. The number of aromatic nitrogens is 2. The first-order valence-electron chi connectivity index (χ1n) is 8.90. The van der Waals surface area contributed by atoms with Gasteiger partial charge in [-0.3, -0.25) is 19.4 Å². The number of H-pyrrole nitrogens is 1. The highest BCUT2D eigenvalue weighted by Gasteiger charge is 2.56. The highest BCUT2D eigenvalue weighted by molar-refractivity contribution is 8.00. The number of carbonyl (C=O) groups excluding carboxylic acids is 2. The van der Waals surface area contributed by atoms with Crippen LogP contribution in [0.5, 0.6) is 5.75 Å². The van der Waals surface area contributed by atoms with E-state index in [0.717, 1.165) is 21.8 Å². The summed E-state index contributed by atoms with van der Waals surface area (Å²) in [4.78, 5) is 47.6. The van der Waals surface area contributed by atoms with Gasteiger partial charge < -0.3 is 9.72 Å². The van der Waals surface area contributed by atoms with Crippen molar-refractivity contribution in [1.82, 2.24) is 9.97 Å². The maximum atomic E-state index is 13.5. The number of nitrogens with zero attached hydrogens (tertiary/aromatic N) is 2. The van der Waals surface area contributed by atoms with Gasteiger partial charge in [-0.25, -0.2) is 4.90 Å². The Morgan fingerprint density at radius 1 is 1.10 bits per heavy atom. The van der Waals surface area contributed by atoms with E-state index in [9.17, 15) is 14.4 Å². The summed E-state index contributed by atoms with van der Waals surface area (Å²) < 4.78 is 5.17. The maximum absolute atomic E-state index is 13.5. The summed E-state index contributed by atoms with van der Waals surface area (Å²) in [6.07, 6.45) is 3.35. The molecule has 9 heteroatoms. The molecule has 2 unspecified atom stereocenters. The van der Waals surface area contributed by atoms with E-state index >= 15 is 0 Å². The van der Waals surface area contributed by atoms with Crippen molar-refractivity contribution < 1.29 is 14.3 Å². The summed E-state index contributed by atoms with van der Waals surface area (Å²) in [5.74, 6) is -0.890. The second-order valence-electron chi connectivity index (χ2n) is 6.75. The van der Waals surface area contributed by atoms with Crippen LogP contribution in [0.3, 0.4) is 0 Å². The van der Waals surface area contributed by atoms with E-state index in [4.69, 9.17) is 4.74 Å². The Balaban J connectivity index is 1.62.